The highest BCUT2D eigenvalue weighted by Crippen LogP contribution is 2.44. The van der Waals surface area contributed by atoms with Crippen LogP contribution in [0.5, 0.6) is 0 Å². The van der Waals surface area contributed by atoms with Gasteiger partial charge >= 0.3 is 12.1 Å². The summed E-state index contributed by atoms with van der Waals surface area (Å²) in [7, 11) is 0. The van der Waals surface area contributed by atoms with Crippen molar-refractivity contribution < 1.29 is 28.8 Å². The van der Waals surface area contributed by atoms with Gasteiger partial charge in [0.25, 0.3) is 11.8 Å². The Morgan fingerprint density at radius 1 is 0.842 bits per heavy atom. The number of fused-ring (bicyclic) bond motifs is 4. The number of hydrogen-bond acceptors (Lipinski definition) is 6. The number of ether oxygens (including phenoxy) is 1. The Labute approximate surface area is 220 Å². The summed E-state index contributed by atoms with van der Waals surface area (Å²) in [6.45, 7) is 3.98. The Hall–Kier alpha value is -4.46. The van der Waals surface area contributed by atoms with Gasteiger partial charge in [0.15, 0.2) is 0 Å². The van der Waals surface area contributed by atoms with Gasteiger partial charge in [0, 0.05) is 12.0 Å². The van der Waals surface area contributed by atoms with E-state index in [-0.39, 0.29) is 36.0 Å². The molecule has 0 saturated carbocycles. The van der Waals surface area contributed by atoms with Crippen LogP contribution in [0.4, 0.5) is 4.79 Å². The fraction of sp³-hybridized carbons (Fsp3) is 0.267. The van der Waals surface area contributed by atoms with Crippen LogP contribution in [0.3, 0.4) is 0 Å². The van der Waals surface area contributed by atoms with Crippen LogP contribution in [0.25, 0.3) is 11.1 Å². The highest BCUT2D eigenvalue weighted by atomic mass is 16.7. The number of carbonyl (C=O) groups is 4. The number of hydrogen-bond donors (Lipinski definition) is 1. The molecule has 0 saturated heterocycles. The lowest BCUT2D eigenvalue weighted by Gasteiger charge is -2.24. The average Bonchev–Trinajstić information content (AvgIpc) is 3.38. The van der Waals surface area contributed by atoms with E-state index in [1.165, 1.54) is 12.1 Å². The number of rotatable bonds is 8. The molecule has 1 aliphatic heterocycles. The van der Waals surface area contributed by atoms with E-state index in [0.717, 1.165) is 22.3 Å². The van der Waals surface area contributed by atoms with Crippen molar-refractivity contribution in [2.24, 2.45) is 5.92 Å². The first-order valence-electron chi connectivity index (χ1n) is 12.7. The molecule has 0 unspecified atom stereocenters. The first kappa shape index (κ1) is 25.2. The number of alkyl carbamates (subject to hydrolysis) is 1. The molecule has 2 atom stereocenters. The molecular formula is C30H28N2O6. The number of carbonyl (C=O) groups excluding carboxylic acids is 4. The summed E-state index contributed by atoms with van der Waals surface area (Å²) in [5.74, 6) is -2.37. The van der Waals surface area contributed by atoms with Crippen molar-refractivity contribution in [2.45, 2.75) is 38.6 Å². The Kier molecular flexibility index (Phi) is 6.96. The third kappa shape index (κ3) is 4.65. The molecule has 1 aliphatic carbocycles. The Morgan fingerprint density at radius 3 is 1.87 bits per heavy atom. The van der Waals surface area contributed by atoms with E-state index < -0.39 is 29.9 Å². The highest BCUT2D eigenvalue weighted by molar-refractivity contribution is 6.20. The summed E-state index contributed by atoms with van der Waals surface area (Å²) in [4.78, 5) is 55.8. The second-order valence-electron chi connectivity index (χ2n) is 9.58. The average molecular weight is 513 g/mol. The third-order valence-electron chi connectivity index (χ3n) is 7.31. The van der Waals surface area contributed by atoms with E-state index in [2.05, 4.69) is 17.4 Å². The van der Waals surface area contributed by atoms with Gasteiger partial charge in [0.05, 0.1) is 17.5 Å². The first-order valence-corrected chi connectivity index (χ1v) is 12.7. The molecule has 0 aromatic heterocycles. The summed E-state index contributed by atoms with van der Waals surface area (Å²) in [6, 6.07) is 21.8. The van der Waals surface area contributed by atoms with Gasteiger partial charge in [-0.1, -0.05) is 86.0 Å². The highest BCUT2D eigenvalue weighted by Gasteiger charge is 2.39. The minimum atomic E-state index is -0.802. The van der Waals surface area contributed by atoms with E-state index >= 15 is 0 Å². The summed E-state index contributed by atoms with van der Waals surface area (Å²) >= 11 is 0. The summed E-state index contributed by atoms with van der Waals surface area (Å²) in [6.07, 6.45) is -0.202. The number of imide groups is 1. The van der Waals surface area contributed by atoms with Gasteiger partial charge in [-0.2, -0.15) is 0 Å². The van der Waals surface area contributed by atoms with E-state index in [1.807, 2.05) is 50.2 Å². The summed E-state index contributed by atoms with van der Waals surface area (Å²) < 4.78 is 5.64. The maximum Gasteiger partial charge on any atom is 0.407 e. The molecule has 0 spiro atoms. The normalized spacial score (nSPS) is 15.4. The lowest BCUT2D eigenvalue weighted by Crippen LogP contribution is -2.43. The minimum absolute atomic E-state index is 0.0889. The third-order valence-corrected chi connectivity index (χ3v) is 7.31. The zero-order chi connectivity index (χ0) is 26.8. The molecule has 0 radical (unpaired) electrons. The molecule has 3 aromatic carbocycles. The molecule has 0 bridgehead atoms. The van der Waals surface area contributed by atoms with Crippen molar-refractivity contribution >= 4 is 23.9 Å². The smallest absolute Gasteiger partial charge is 0.407 e. The van der Waals surface area contributed by atoms with Gasteiger partial charge < -0.3 is 14.9 Å². The molecule has 0 fully saturated rings. The van der Waals surface area contributed by atoms with Gasteiger partial charge in [-0.15, -0.1) is 0 Å². The molecule has 3 aromatic rings. The maximum atomic E-state index is 12.8. The zero-order valence-electron chi connectivity index (χ0n) is 21.2. The first-order chi connectivity index (χ1) is 18.4. The monoisotopic (exact) mass is 512 g/mol. The molecule has 2 aliphatic rings. The molecule has 194 valence electrons. The molecule has 1 N–H and O–H groups in total. The van der Waals surface area contributed by atoms with E-state index in [1.54, 1.807) is 12.1 Å². The van der Waals surface area contributed by atoms with Crippen LogP contribution in [-0.2, 0) is 14.4 Å². The topological polar surface area (TPSA) is 102 Å². The number of benzene rings is 3. The zero-order valence-corrected chi connectivity index (χ0v) is 21.2. The van der Waals surface area contributed by atoms with E-state index in [0.29, 0.717) is 11.5 Å². The van der Waals surface area contributed by atoms with Crippen molar-refractivity contribution in [3.63, 3.8) is 0 Å². The van der Waals surface area contributed by atoms with Gasteiger partial charge in [-0.25, -0.2) is 9.59 Å². The Bertz CT molecular complexity index is 1340. The quantitative estimate of drug-likeness (QED) is 0.422. The van der Waals surface area contributed by atoms with Crippen molar-refractivity contribution in [1.29, 1.82) is 0 Å². The van der Waals surface area contributed by atoms with Crippen LogP contribution in [0.15, 0.2) is 72.8 Å². The predicted molar refractivity (Wildman–Crippen MR) is 139 cm³/mol. The van der Waals surface area contributed by atoms with E-state index in [9.17, 15) is 19.2 Å². The van der Waals surface area contributed by atoms with Crippen molar-refractivity contribution in [3.05, 3.63) is 95.1 Å². The Morgan fingerprint density at radius 2 is 1.34 bits per heavy atom. The second-order valence-corrected chi connectivity index (χ2v) is 9.58. The molecule has 3 amide bonds. The second kappa shape index (κ2) is 10.5. The maximum absolute atomic E-state index is 12.8. The van der Waals surface area contributed by atoms with Crippen molar-refractivity contribution in [2.75, 3.05) is 6.61 Å². The van der Waals surface area contributed by atoms with Crippen molar-refractivity contribution in [1.82, 2.24) is 10.4 Å². The fourth-order valence-corrected chi connectivity index (χ4v) is 5.04. The van der Waals surface area contributed by atoms with Crippen molar-refractivity contribution in [3.8, 4) is 11.1 Å². The van der Waals surface area contributed by atoms with Gasteiger partial charge in [-0.3, -0.25) is 9.59 Å². The SMILES string of the molecule is CC[C@H](C)[C@@H](CC(=O)ON1C(=O)c2ccccc2C1=O)NC(=O)OCC1c2ccccc2-c2ccccc21. The molecule has 38 heavy (non-hydrogen) atoms. The standard InChI is InChI=1S/C30H28N2O6/c1-3-18(2)26(16-27(33)38-32-28(34)23-14-8-9-15-24(23)29(32)35)31-30(36)37-17-25-21-12-6-4-10-19(21)20-11-5-7-13-22(20)25/h4-15,18,25-26H,3,16-17H2,1-2H3,(H,31,36)/t18-,26+/m0/s1. The number of amides is 3. The van der Waals surface area contributed by atoms with Gasteiger partial charge in [-0.05, 0) is 40.3 Å². The molecule has 5 rings (SSSR count). The molecule has 1 heterocycles. The van der Waals surface area contributed by atoms with Crippen LogP contribution < -0.4 is 5.32 Å². The van der Waals surface area contributed by atoms with Gasteiger partial charge in [0.1, 0.15) is 6.61 Å². The van der Waals surface area contributed by atoms with Crippen LogP contribution in [-0.4, -0.2) is 41.6 Å². The van der Waals surface area contributed by atoms with Crippen LogP contribution in [0.2, 0.25) is 0 Å². The van der Waals surface area contributed by atoms with Crippen LogP contribution in [0.1, 0.15) is 64.4 Å². The number of nitrogens with zero attached hydrogens (tertiary/aromatic N) is 1. The van der Waals surface area contributed by atoms with Gasteiger partial charge in [0.2, 0.25) is 0 Å². The molecular weight excluding hydrogens is 484 g/mol. The van der Waals surface area contributed by atoms with E-state index in [4.69, 9.17) is 9.57 Å². The number of nitrogens with one attached hydrogen (secondary N) is 1. The molecule has 8 heteroatoms. The Balaban J connectivity index is 1.21. The predicted octanol–water partition coefficient (Wildman–Crippen LogP) is 5.08. The minimum Gasteiger partial charge on any atom is -0.449 e. The lowest BCUT2D eigenvalue weighted by molar-refractivity contribution is -0.169. The van der Waals surface area contributed by atoms with Crippen LogP contribution >= 0.6 is 0 Å². The largest absolute Gasteiger partial charge is 0.449 e. The van der Waals surface area contributed by atoms with Crippen LogP contribution in [0, 0.1) is 5.92 Å². The fourth-order valence-electron chi connectivity index (χ4n) is 5.04. The summed E-state index contributed by atoms with van der Waals surface area (Å²) in [5.41, 5.74) is 4.83. The molecule has 8 nitrogen and oxygen atoms in total. The summed E-state index contributed by atoms with van der Waals surface area (Å²) in [5, 5.41) is 3.26. The number of hydroxylamine groups is 2. The lowest BCUT2D eigenvalue weighted by atomic mass is 9.96.